The van der Waals surface area contributed by atoms with Crippen molar-refractivity contribution < 1.29 is 0 Å². The molecule has 13 heavy (non-hydrogen) atoms. The molecule has 1 heterocycles. The molecule has 70 valence electrons. The van der Waals surface area contributed by atoms with Gasteiger partial charge in [-0.25, -0.2) is 0 Å². The maximum absolute atomic E-state index is 4.08. The Labute approximate surface area is 86.2 Å². The molecule has 0 radical (unpaired) electrons. The van der Waals surface area contributed by atoms with Crippen LogP contribution in [0.3, 0.4) is 0 Å². The van der Waals surface area contributed by atoms with Crippen molar-refractivity contribution in [1.82, 2.24) is 10.2 Å². The third-order valence-electron chi connectivity index (χ3n) is 3.73. The first-order valence-electron chi connectivity index (χ1n) is 5.03. The Balaban J connectivity index is 1.91. The van der Waals surface area contributed by atoms with E-state index in [1.807, 2.05) is 6.20 Å². The van der Waals surface area contributed by atoms with Crippen LogP contribution in [-0.2, 0) is 0 Å². The Morgan fingerprint density at radius 2 is 2.31 bits per heavy atom. The fraction of sp³-hybridized carbons (Fsp3) is 0.700. The van der Waals surface area contributed by atoms with Gasteiger partial charge in [-0.05, 0) is 47.0 Å². The lowest BCUT2D eigenvalue weighted by atomic mass is 9.86. The lowest BCUT2D eigenvalue weighted by molar-refractivity contribution is 0.412. The van der Waals surface area contributed by atoms with E-state index in [2.05, 4.69) is 26.1 Å². The molecule has 1 aromatic heterocycles. The van der Waals surface area contributed by atoms with Crippen LogP contribution in [0.2, 0.25) is 0 Å². The second-order valence-corrected chi connectivity index (χ2v) is 5.27. The fourth-order valence-electron chi connectivity index (χ4n) is 3.14. The van der Waals surface area contributed by atoms with E-state index in [0.29, 0.717) is 0 Å². The Kier molecular flexibility index (Phi) is 1.76. The minimum absolute atomic E-state index is 0.760. The van der Waals surface area contributed by atoms with Crippen LogP contribution in [0, 0.1) is 11.8 Å². The third kappa shape index (κ3) is 1.17. The predicted octanol–water partition coefficient (Wildman–Crippen LogP) is 3.08. The molecular formula is C10H13BrN2. The number of nitrogens with zero attached hydrogens (tertiary/aromatic N) is 1. The first kappa shape index (κ1) is 8.04. The Hall–Kier alpha value is -0.310. The van der Waals surface area contributed by atoms with Crippen LogP contribution in [0.25, 0.3) is 0 Å². The summed E-state index contributed by atoms with van der Waals surface area (Å²) in [5.41, 5.74) is 1.34. The second kappa shape index (κ2) is 2.84. The number of H-pyrrole nitrogens is 1. The summed E-state index contributed by atoms with van der Waals surface area (Å²) < 4.78 is 1.17. The molecule has 2 bridgehead atoms. The molecular weight excluding hydrogens is 228 g/mol. The van der Waals surface area contributed by atoms with Crippen molar-refractivity contribution in [3.05, 3.63) is 16.4 Å². The molecule has 0 amide bonds. The summed E-state index contributed by atoms with van der Waals surface area (Å²) in [5.74, 6) is 2.70. The van der Waals surface area contributed by atoms with Gasteiger partial charge in [-0.15, -0.1) is 0 Å². The molecule has 3 rings (SSSR count). The van der Waals surface area contributed by atoms with Crippen LogP contribution >= 0.6 is 15.9 Å². The monoisotopic (exact) mass is 240 g/mol. The van der Waals surface area contributed by atoms with Crippen molar-refractivity contribution in [2.24, 2.45) is 11.8 Å². The Morgan fingerprint density at radius 3 is 2.85 bits per heavy atom. The number of halogens is 1. The van der Waals surface area contributed by atoms with Gasteiger partial charge in [0.05, 0.1) is 16.4 Å². The quantitative estimate of drug-likeness (QED) is 0.804. The Morgan fingerprint density at radius 1 is 1.38 bits per heavy atom. The molecule has 2 nitrogen and oxygen atoms in total. The SMILES string of the molecule is Brc1cn[nH]c1C1CC2CCC1C2. The minimum atomic E-state index is 0.760. The molecule has 3 heteroatoms. The van der Waals surface area contributed by atoms with E-state index < -0.39 is 0 Å². The van der Waals surface area contributed by atoms with Gasteiger partial charge in [0.25, 0.3) is 0 Å². The Bertz CT molecular complexity index is 320. The molecule has 2 saturated carbocycles. The minimum Gasteiger partial charge on any atom is -0.281 e. The average Bonchev–Trinajstić information content (AvgIpc) is 2.77. The highest BCUT2D eigenvalue weighted by Crippen LogP contribution is 2.53. The molecule has 0 saturated heterocycles. The average molecular weight is 241 g/mol. The zero-order valence-corrected chi connectivity index (χ0v) is 9.05. The van der Waals surface area contributed by atoms with Gasteiger partial charge in [0.2, 0.25) is 0 Å². The number of aromatic nitrogens is 2. The van der Waals surface area contributed by atoms with Crippen LogP contribution < -0.4 is 0 Å². The molecule has 1 N–H and O–H groups in total. The largest absolute Gasteiger partial charge is 0.281 e. The van der Waals surface area contributed by atoms with Crippen LogP contribution in [0.1, 0.15) is 37.3 Å². The molecule has 2 aliphatic carbocycles. The molecule has 3 atom stereocenters. The van der Waals surface area contributed by atoms with Crippen LogP contribution in [0.5, 0.6) is 0 Å². The van der Waals surface area contributed by atoms with Gasteiger partial charge in [-0.2, -0.15) is 5.10 Å². The summed E-state index contributed by atoms with van der Waals surface area (Å²) in [6, 6.07) is 0. The second-order valence-electron chi connectivity index (χ2n) is 4.41. The van der Waals surface area contributed by atoms with Gasteiger partial charge in [-0.3, -0.25) is 5.10 Å². The van der Waals surface area contributed by atoms with Crippen molar-refractivity contribution >= 4 is 15.9 Å². The predicted molar refractivity (Wildman–Crippen MR) is 54.5 cm³/mol. The van der Waals surface area contributed by atoms with Crippen LogP contribution in [0.4, 0.5) is 0 Å². The molecule has 0 aromatic carbocycles. The number of rotatable bonds is 1. The number of nitrogens with one attached hydrogen (secondary N) is 1. The standard InChI is InChI=1S/C10H13BrN2/c11-9-5-12-13-10(9)8-4-6-1-2-7(8)3-6/h5-8H,1-4H2,(H,12,13). The lowest BCUT2D eigenvalue weighted by Crippen LogP contribution is -2.09. The maximum atomic E-state index is 4.08. The highest BCUT2D eigenvalue weighted by Gasteiger charge is 2.41. The molecule has 1 aromatic rings. The summed E-state index contributed by atoms with van der Waals surface area (Å²) in [7, 11) is 0. The van der Waals surface area contributed by atoms with Gasteiger partial charge < -0.3 is 0 Å². The highest BCUT2D eigenvalue weighted by molar-refractivity contribution is 9.10. The van der Waals surface area contributed by atoms with E-state index in [-0.39, 0.29) is 0 Å². The molecule has 0 aliphatic heterocycles. The summed E-state index contributed by atoms with van der Waals surface area (Å²) in [6.45, 7) is 0. The summed E-state index contributed by atoms with van der Waals surface area (Å²) in [6.07, 6.45) is 7.61. The van der Waals surface area contributed by atoms with E-state index in [4.69, 9.17) is 0 Å². The van der Waals surface area contributed by atoms with Crippen LogP contribution in [0.15, 0.2) is 10.7 Å². The summed E-state index contributed by atoms with van der Waals surface area (Å²) in [5, 5.41) is 7.21. The zero-order chi connectivity index (χ0) is 8.84. The summed E-state index contributed by atoms with van der Waals surface area (Å²) in [4.78, 5) is 0. The molecule has 2 fully saturated rings. The van der Waals surface area contributed by atoms with E-state index in [9.17, 15) is 0 Å². The first-order chi connectivity index (χ1) is 6.34. The van der Waals surface area contributed by atoms with Gasteiger partial charge >= 0.3 is 0 Å². The van der Waals surface area contributed by atoms with Crippen molar-refractivity contribution in [2.45, 2.75) is 31.6 Å². The lowest BCUT2D eigenvalue weighted by Gasteiger charge is -2.20. The number of hydrogen-bond donors (Lipinski definition) is 1. The van der Waals surface area contributed by atoms with E-state index >= 15 is 0 Å². The topological polar surface area (TPSA) is 28.7 Å². The van der Waals surface area contributed by atoms with Gasteiger partial charge in [0, 0.05) is 5.92 Å². The zero-order valence-electron chi connectivity index (χ0n) is 7.46. The molecule has 2 aliphatic rings. The van der Waals surface area contributed by atoms with Crippen molar-refractivity contribution in [3.63, 3.8) is 0 Å². The normalized spacial score (nSPS) is 37.2. The third-order valence-corrected chi connectivity index (χ3v) is 4.36. The fourth-order valence-corrected chi connectivity index (χ4v) is 3.62. The van der Waals surface area contributed by atoms with Crippen molar-refractivity contribution in [3.8, 4) is 0 Å². The van der Waals surface area contributed by atoms with E-state index in [0.717, 1.165) is 17.8 Å². The van der Waals surface area contributed by atoms with Gasteiger partial charge in [0.1, 0.15) is 0 Å². The maximum Gasteiger partial charge on any atom is 0.0632 e. The van der Waals surface area contributed by atoms with Crippen molar-refractivity contribution in [1.29, 1.82) is 0 Å². The summed E-state index contributed by atoms with van der Waals surface area (Å²) >= 11 is 3.55. The van der Waals surface area contributed by atoms with Gasteiger partial charge in [-0.1, -0.05) is 6.42 Å². The first-order valence-corrected chi connectivity index (χ1v) is 5.82. The number of aromatic amines is 1. The van der Waals surface area contributed by atoms with E-state index in [1.54, 1.807) is 0 Å². The van der Waals surface area contributed by atoms with Gasteiger partial charge in [0.15, 0.2) is 0 Å². The molecule has 0 spiro atoms. The number of fused-ring (bicyclic) bond motifs is 2. The highest BCUT2D eigenvalue weighted by atomic mass is 79.9. The van der Waals surface area contributed by atoms with Crippen LogP contribution in [-0.4, -0.2) is 10.2 Å². The number of hydrogen-bond acceptors (Lipinski definition) is 1. The van der Waals surface area contributed by atoms with Crippen molar-refractivity contribution in [2.75, 3.05) is 0 Å². The van der Waals surface area contributed by atoms with E-state index in [1.165, 1.54) is 35.8 Å². The molecule has 3 unspecified atom stereocenters. The smallest absolute Gasteiger partial charge is 0.0632 e.